The predicted octanol–water partition coefficient (Wildman–Crippen LogP) is 13.3. The Kier molecular flexibility index (Phi) is 20.0. The van der Waals surface area contributed by atoms with E-state index in [9.17, 15) is 8.78 Å². The maximum Gasteiger partial charge on any atom is 0.217 e. The van der Waals surface area contributed by atoms with Gasteiger partial charge in [0, 0.05) is 55.0 Å². The van der Waals surface area contributed by atoms with Crippen molar-refractivity contribution in [3.8, 4) is 46.3 Å². The molecule has 0 bridgehead atoms. The van der Waals surface area contributed by atoms with Crippen molar-refractivity contribution in [3.63, 3.8) is 0 Å². The van der Waals surface area contributed by atoms with Gasteiger partial charge in [0.1, 0.15) is 67.7 Å². The van der Waals surface area contributed by atoms with Crippen molar-refractivity contribution < 1.29 is 46.7 Å². The Bertz CT molecular complexity index is 3120. The number of fused-ring (bicyclic) bond motifs is 7. The minimum absolute atomic E-state index is 0.188. The number of nitrogens with zero attached hydrogens (tertiary/aromatic N) is 3. The summed E-state index contributed by atoms with van der Waals surface area (Å²) in [6, 6.07) is 31.7. The van der Waals surface area contributed by atoms with Crippen LogP contribution in [-0.4, -0.2) is 83.0 Å². The van der Waals surface area contributed by atoms with Gasteiger partial charge < -0.3 is 53.4 Å². The fraction of sp³-hybridized carbons (Fsp3) is 0.354. The van der Waals surface area contributed by atoms with E-state index < -0.39 is 0 Å². The highest BCUT2D eigenvalue weighted by Gasteiger charge is 2.18. The zero-order valence-electron chi connectivity index (χ0n) is 47.7. The normalized spacial score (nSPS) is 14.7. The molecule has 80 heavy (non-hydrogen) atoms. The third-order valence-electron chi connectivity index (χ3n) is 13.7. The first-order valence-corrected chi connectivity index (χ1v) is 27.3. The smallest absolute Gasteiger partial charge is 0.217 e. The van der Waals surface area contributed by atoms with E-state index in [2.05, 4.69) is 109 Å². The number of hydrogen-bond acceptors (Lipinski definition) is 13. The Balaban J connectivity index is 0.000000123. The van der Waals surface area contributed by atoms with Gasteiger partial charge in [0.2, 0.25) is 11.8 Å². The van der Waals surface area contributed by atoms with Gasteiger partial charge in [-0.25, -0.2) is 18.7 Å². The predicted molar refractivity (Wildman–Crippen MR) is 313 cm³/mol. The third-order valence-corrected chi connectivity index (χ3v) is 13.7. The van der Waals surface area contributed by atoms with Crippen LogP contribution in [0, 0.1) is 67.0 Å². The quantitative estimate of drug-likeness (QED) is 0.150. The van der Waals surface area contributed by atoms with Crippen molar-refractivity contribution in [2.24, 2.45) is 0 Å². The maximum atomic E-state index is 13.0. The summed E-state index contributed by atoms with van der Waals surface area (Å²) in [6.45, 7) is 26.9. The zero-order chi connectivity index (χ0) is 56.7. The average Bonchev–Trinajstić information content (AvgIpc) is 4.12. The maximum absolute atomic E-state index is 13.0. The van der Waals surface area contributed by atoms with Crippen LogP contribution < -0.4 is 53.4 Å². The molecule has 0 amide bonds. The molecule has 7 aliphatic rings. The lowest BCUT2D eigenvalue weighted by molar-refractivity contribution is 0.171. The second kappa shape index (κ2) is 27.6. The van der Waals surface area contributed by atoms with Crippen molar-refractivity contribution in [3.05, 3.63) is 182 Å². The largest absolute Gasteiger partial charge is 0.493 e. The Hall–Kier alpha value is -8.20. The molecule has 15 heteroatoms. The van der Waals surface area contributed by atoms with Gasteiger partial charge in [0.25, 0.3) is 0 Å². The van der Waals surface area contributed by atoms with Gasteiger partial charge in [0.15, 0.2) is 11.5 Å². The average molecular weight is 1090 g/mol. The molecule has 0 radical (unpaired) electrons. The summed E-state index contributed by atoms with van der Waals surface area (Å²) >= 11 is 0. The van der Waals surface area contributed by atoms with Crippen LogP contribution in [0.5, 0.6) is 46.3 Å². The number of ether oxygens (including phenoxy) is 8. The number of likely N-dealkylation sites (N-methyl/N-ethyl adjacent to an activating group) is 1. The third kappa shape index (κ3) is 16.0. The summed E-state index contributed by atoms with van der Waals surface area (Å²) < 4.78 is 69.0. The van der Waals surface area contributed by atoms with Gasteiger partial charge in [-0.15, -0.1) is 0 Å². The van der Waals surface area contributed by atoms with Gasteiger partial charge in [0.05, 0.1) is 49.1 Å². The van der Waals surface area contributed by atoms with E-state index in [1.807, 2.05) is 50.2 Å². The number of nitrogens with one attached hydrogen (secondary N) is 2. The first-order chi connectivity index (χ1) is 38.6. The fourth-order valence-corrected chi connectivity index (χ4v) is 9.00. The standard InChI is InChI=1S/C10H11NO.C10H13NO.C10H12O2.C9H10FNO.C9H11NO.C9H10O.C8H8FNO/c1-7-3-4-9-10(5-7)12-6-8(2)11-9;1-8-3-4-9-10(7-8)12-6-5-11(9)2;1-7-5-9-10(6-8(7)2)12-4-3-11-9;1-6-4-9-8(5-7(6)10)11-2-3-12-9;1-7-4-5-8-3-2-6-11-9(8)10-7;1-7-2-3-8-4-5-10-9(8)6-7;1-5-7(9)4-6-2-3-11-8(6)10-5/h3-5,11H,2,6H2,1H3;3-4,7H,5-6H2,1-2H3;5-6H,3-4H2,1-2H3;4-5,11H,2-3H2,1H3;4-5H,2-3,6H2,1H3;2-3,6H,4-5H2,1H3;4H,2-3H2,1H3. The van der Waals surface area contributed by atoms with Gasteiger partial charge in [-0.1, -0.05) is 36.9 Å². The molecule has 7 aliphatic heterocycles. The van der Waals surface area contributed by atoms with Gasteiger partial charge in [-0.3, -0.25) is 0 Å². The molecule has 0 spiro atoms. The number of aromatic nitrogens is 2. The van der Waals surface area contributed by atoms with E-state index in [0.717, 1.165) is 127 Å². The highest BCUT2D eigenvalue weighted by atomic mass is 19.1. The molecule has 2 N–H and O–H groups in total. The van der Waals surface area contributed by atoms with Crippen LogP contribution >= 0.6 is 0 Å². The van der Waals surface area contributed by atoms with Crippen molar-refractivity contribution in [1.82, 2.24) is 9.97 Å². The minimum atomic E-state index is -0.241. The fourth-order valence-electron chi connectivity index (χ4n) is 9.00. The number of rotatable bonds is 0. The zero-order valence-corrected chi connectivity index (χ0v) is 47.7. The SMILES string of the molecule is C=C1COc2cc(C)ccc2N1.Cc1cc2c(cc1C)OCCO2.Cc1cc2c(cc1F)NCCO2.Cc1ccc2c(c1)OCC2.Cc1ccc2c(c1)OCCN2C.Cc1ccc2c(n1)OCCC2.Cc1nc2c(cc1F)CCO2. The molecule has 7 aromatic rings. The Morgan fingerprint density at radius 3 is 1.82 bits per heavy atom. The Labute approximate surface area is 470 Å². The molecule has 14 rings (SSSR count). The van der Waals surface area contributed by atoms with E-state index >= 15 is 0 Å². The van der Waals surface area contributed by atoms with Crippen molar-refractivity contribution in [2.75, 3.05) is 88.5 Å². The number of halogens is 2. The summed E-state index contributed by atoms with van der Waals surface area (Å²) in [4.78, 5) is 10.5. The van der Waals surface area contributed by atoms with Crippen LogP contribution in [0.3, 0.4) is 0 Å². The van der Waals surface area contributed by atoms with Crippen molar-refractivity contribution >= 4 is 17.1 Å². The Morgan fingerprint density at radius 1 is 0.475 bits per heavy atom. The molecule has 0 saturated heterocycles. The summed E-state index contributed by atoms with van der Waals surface area (Å²) in [5.41, 5.74) is 15.7. The van der Waals surface area contributed by atoms with Gasteiger partial charge >= 0.3 is 0 Å². The second-order valence-corrected chi connectivity index (χ2v) is 20.4. The molecule has 13 nitrogen and oxygen atoms in total. The van der Waals surface area contributed by atoms with Crippen LogP contribution in [0.1, 0.15) is 67.9 Å². The van der Waals surface area contributed by atoms with Gasteiger partial charge in [-0.05, 0) is 168 Å². The molecular weight excluding hydrogens is 1020 g/mol. The summed E-state index contributed by atoms with van der Waals surface area (Å²) in [5, 5.41) is 6.23. The van der Waals surface area contributed by atoms with E-state index in [-0.39, 0.29) is 11.6 Å². The number of anilines is 3. The molecule has 0 atom stereocenters. The minimum Gasteiger partial charge on any atom is -0.493 e. The molecule has 0 unspecified atom stereocenters. The lowest BCUT2D eigenvalue weighted by Gasteiger charge is -2.27. The lowest BCUT2D eigenvalue weighted by atomic mass is 10.1. The number of pyridine rings is 2. The summed E-state index contributed by atoms with van der Waals surface area (Å²) in [5.74, 6) is 6.54. The van der Waals surface area contributed by atoms with Crippen molar-refractivity contribution in [1.29, 1.82) is 0 Å². The number of benzene rings is 5. The molecule has 5 aromatic carbocycles. The Morgan fingerprint density at radius 2 is 1.06 bits per heavy atom. The van der Waals surface area contributed by atoms with E-state index in [1.165, 1.54) is 56.8 Å². The van der Waals surface area contributed by atoms with Gasteiger partial charge in [-0.2, -0.15) is 0 Å². The highest BCUT2D eigenvalue weighted by Crippen LogP contribution is 2.35. The summed E-state index contributed by atoms with van der Waals surface area (Å²) in [7, 11) is 2.09. The van der Waals surface area contributed by atoms with E-state index in [1.54, 1.807) is 19.9 Å². The first kappa shape index (κ1) is 58.0. The monoisotopic (exact) mass is 1090 g/mol. The topological polar surface area (TPSA) is 127 Å². The van der Waals surface area contributed by atoms with Crippen LogP contribution in [-0.2, 0) is 19.3 Å². The molecule has 0 aliphatic carbocycles. The van der Waals surface area contributed by atoms with Crippen LogP contribution in [0.15, 0.2) is 109 Å². The first-order valence-electron chi connectivity index (χ1n) is 27.3. The van der Waals surface area contributed by atoms with E-state index in [0.29, 0.717) is 50.2 Å². The highest BCUT2D eigenvalue weighted by molar-refractivity contribution is 5.63. The molecule has 2 aromatic heterocycles. The van der Waals surface area contributed by atoms with E-state index in [4.69, 9.17) is 37.9 Å². The number of hydrogen-bond donors (Lipinski definition) is 2. The van der Waals surface area contributed by atoms with Crippen LogP contribution in [0.4, 0.5) is 25.8 Å². The molecule has 0 saturated carbocycles. The van der Waals surface area contributed by atoms with Crippen molar-refractivity contribution in [2.45, 2.75) is 81.1 Å². The number of aryl methyl sites for hydroxylation is 9. The molecule has 0 fully saturated rings. The van der Waals surface area contributed by atoms with Crippen LogP contribution in [0.25, 0.3) is 0 Å². The molecular formula is C65H75F2N5O8. The lowest BCUT2D eigenvalue weighted by Crippen LogP contribution is -2.28. The molecule has 9 heterocycles. The summed E-state index contributed by atoms with van der Waals surface area (Å²) in [6.07, 6.45) is 4.09. The van der Waals surface area contributed by atoms with Crippen LogP contribution in [0.2, 0.25) is 0 Å². The molecule has 422 valence electrons. The second-order valence-electron chi connectivity index (χ2n) is 20.4.